The van der Waals surface area contributed by atoms with Gasteiger partial charge in [0.1, 0.15) is 0 Å². The van der Waals surface area contributed by atoms with E-state index in [9.17, 15) is 4.79 Å². The Balaban J connectivity index is 3.31. The van der Waals surface area contributed by atoms with Crippen LogP contribution < -0.4 is 15.0 Å². The van der Waals surface area contributed by atoms with E-state index in [1.807, 2.05) is 13.8 Å². The van der Waals surface area contributed by atoms with Crippen LogP contribution in [-0.4, -0.2) is 24.0 Å². The van der Waals surface area contributed by atoms with Gasteiger partial charge in [0.25, 0.3) is 11.4 Å². The molecule has 0 aliphatic heterocycles. The molecule has 0 spiro atoms. The third-order valence-corrected chi connectivity index (χ3v) is 1.79. The first-order valence-corrected chi connectivity index (χ1v) is 4.32. The van der Waals surface area contributed by atoms with Gasteiger partial charge in [-0.15, -0.1) is 5.10 Å². The van der Waals surface area contributed by atoms with Crippen LogP contribution >= 0.6 is 0 Å². The molecule has 0 saturated heterocycles. The minimum atomic E-state index is -0.197. The topological polar surface area (TPSA) is 53.4 Å². The van der Waals surface area contributed by atoms with Gasteiger partial charge < -0.3 is 9.47 Å². The highest BCUT2D eigenvalue weighted by atomic mass is 16.5. The Morgan fingerprint density at radius 2 is 2.00 bits per heavy atom. The van der Waals surface area contributed by atoms with Crippen molar-refractivity contribution in [2.75, 3.05) is 14.2 Å². The maximum atomic E-state index is 11.5. The molecule has 1 heterocycles. The van der Waals surface area contributed by atoms with Crippen LogP contribution in [0.3, 0.4) is 0 Å². The molecule has 1 aromatic heterocycles. The Morgan fingerprint density at radius 1 is 1.36 bits per heavy atom. The van der Waals surface area contributed by atoms with Gasteiger partial charge in [0.2, 0.25) is 0 Å². The largest absolute Gasteiger partial charge is 0.491 e. The van der Waals surface area contributed by atoms with E-state index in [0.29, 0.717) is 11.6 Å². The maximum absolute atomic E-state index is 11.5. The van der Waals surface area contributed by atoms with Gasteiger partial charge in [-0.2, -0.15) is 0 Å². The smallest absolute Gasteiger partial charge is 0.274 e. The van der Waals surface area contributed by atoms with E-state index >= 15 is 0 Å². The summed E-state index contributed by atoms with van der Waals surface area (Å²) in [6.45, 7) is 3.75. The lowest BCUT2D eigenvalue weighted by molar-refractivity contribution is 0.321. The van der Waals surface area contributed by atoms with Crippen LogP contribution in [0.1, 0.15) is 19.9 Å². The predicted octanol–water partition coefficient (Wildman–Crippen LogP) is 0.841. The molecule has 0 radical (unpaired) electrons. The van der Waals surface area contributed by atoms with Gasteiger partial charge in [-0.1, -0.05) is 0 Å². The summed E-state index contributed by atoms with van der Waals surface area (Å²) in [5.74, 6) is 0.676. The molecule has 0 unspecified atom stereocenters. The molecule has 14 heavy (non-hydrogen) atoms. The molecule has 0 N–H and O–H groups in total. The third-order valence-electron chi connectivity index (χ3n) is 1.79. The normalized spacial score (nSPS) is 10.4. The van der Waals surface area contributed by atoms with Gasteiger partial charge in [-0.05, 0) is 13.8 Å². The van der Waals surface area contributed by atoms with E-state index in [0.717, 1.165) is 0 Å². The van der Waals surface area contributed by atoms with E-state index in [1.165, 1.54) is 25.0 Å². The summed E-state index contributed by atoms with van der Waals surface area (Å²) in [6.07, 6.45) is 0. The number of aromatic nitrogens is 2. The van der Waals surface area contributed by atoms with Crippen LogP contribution in [0, 0.1) is 0 Å². The number of rotatable bonds is 3. The van der Waals surface area contributed by atoms with Gasteiger partial charge in [0.05, 0.1) is 26.3 Å². The molecule has 78 valence electrons. The number of hydrogen-bond acceptors (Lipinski definition) is 4. The fourth-order valence-corrected chi connectivity index (χ4v) is 1.09. The van der Waals surface area contributed by atoms with Crippen molar-refractivity contribution in [3.8, 4) is 11.6 Å². The standard InChI is InChI=1S/C9H14N2O3/c1-6(2)11-8(12)5-7(13-3)9(10-11)14-4/h5-6H,1-4H3. The van der Waals surface area contributed by atoms with Crippen molar-refractivity contribution in [1.29, 1.82) is 0 Å². The van der Waals surface area contributed by atoms with Crippen molar-refractivity contribution in [2.24, 2.45) is 0 Å². The molecule has 5 nitrogen and oxygen atoms in total. The maximum Gasteiger partial charge on any atom is 0.274 e. The van der Waals surface area contributed by atoms with Crippen LogP contribution in [0.4, 0.5) is 0 Å². The van der Waals surface area contributed by atoms with Crippen molar-refractivity contribution in [2.45, 2.75) is 19.9 Å². The van der Waals surface area contributed by atoms with Crippen LogP contribution in [0.15, 0.2) is 10.9 Å². The highest BCUT2D eigenvalue weighted by Crippen LogP contribution is 2.20. The second kappa shape index (κ2) is 4.13. The number of methoxy groups -OCH3 is 2. The molecular formula is C9H14N2O3. The number of ether oxygens (including phenoxy) is 2. The van der Waals surface area contributed by atoms with Gasteiger partial charge in [-0.25, -0.2) is 4.68 Å². The molecule has 0 aromatic carbocycles. The number of nitrogens with zero attached hydrogens (tertiary/aromatic N) is 2. The van der Waals surface area contributed by atoms with Gasteiger partial charge in [0, 0.05) is 0 Å². The molecule has 1 rings (SSSR count). The first-order valence-electron chi connectivity index (χ1n) is 4.32. The molecule has 1 aromatic rings. The lowest BCUT2D eigenvalue weighted by Crippen LogP contribution is -2.24. The average molecular weight is 198 g/mol. The molecule has 0 fully saturated rings. The fraction of sp³-hybridized carbons (Fsp3) is 0.556. The summed E-state index contributed by atoms with van der Waals surface area (Å²) in [6, 6.07) is 1.37. The SMILES string of the molecule is COc1cc(=O)n(C(C)C)nc1OC. The Hall–Kier alpha value is -1.52. The first-order chi connectivity index (χ1) is 6.60. The van der Waals surface area contributed by atoms with E-state index in [-0.39, 0.29) is 11.6 Å². The molecule has 0 amide bonds. The zero-order valence-corrected chi connectivity index (χ0v) is 8.77. The Bertz CT molecular complexity index is 371. The predicted molar refractivity (Wildman–Crippen MR) is 52.0 cm³/mol. The summed E-state index contributed by atoms with van der Waals surface area (Å²) in [7, 11) is 2.96. The zero-order chi connectivity index (χ0) is 10.7. The van der Waals surface area contributed by atoms with Gasteiger partial charge >= 0.3 is 0 Å². The van der Waals surface area contributed by atoms with E-state index in [1.54, 1.807) is 0 Å². The Kier molecular flexibility index (Phi) is 3.11. The summed E-state index contributed by atoms with van der Waals surface area (Å²) in [5.41, 5.74) is -0.197. The lowest BCUT2D eigenvalue weighted by atomic mass is 10.4. The van der Waals surface area contributed by atoms with E-state index in [4.69, 9.17) is 9.47 Å². The molecule has 0 bridgehead atoms. The Labute approximate surface area is 82.3 Å². The van der Waals surface area contributed by atoms with Crippen LogP contribution in [0.5, 0.6) is 11.6 Å². The highest BCUT2D eigenvalue weighted by molar-refractivity contribution is 5.30. The van der Waals surface area contributed by atoms with Crippen molar-refractivity contribution in [3.05, 3.63) is 16.4 Å². The first kappa shape index (κ1) is 10.6. The molecular weight excluding hydrogens is 184 g/mol. The Morgan fingerprint density at radius 3 is 2.43 bits per heavy atom. The van der Waals surface area contributed by atoms with Crippen molar-refractivity contribution < 1.29 is 9.47 Å². The number of hydrogen-bond donors (Lipinski definition) is 0. The third kappa shape index (κ3) is 1.86. The van der Waals surface area contributed by atoms with Crippen LogP contribution in [0.2, 0.25) is 0 Å². The molecule has 0 aliphatic rings. The zero-order valence-electron chi connectivity index (χ0n) is 8.77. The monoisotopic (exact) mass is 198 g/mol. The summed E-state index contributed by atoms with van der Waals surface area (Å²) in [5, 5.41) is 4.02. The highest BCUT2D eigenvalue weighted by Gasteiger charge is 2.10. The minimum Gasteiger partial charge on any atom is -0.491 e. The minimum absolute atomic E-state index is 0.00214. The summed E-state index contributed by atoms with van der Waals surface area (Å²) >= 11 is 0. The van der Waals surface area contributed by atoms with Crippen molar-refractivity contribution in [1.82, 2.24) is 9.78 Å². The van der Waals surface area contributed by atoms with E-state index in [2.05, 4.69) is 5.10 Å². The second-order valence-corrected chi connectivity index (χ2v) is 3.10. The summed E-state index contributed by atoms with van der Waals surface area (Å²) in [4.78, 5) is 11.5. The molecule has 0 atom stereocenters. The lowest BCUT2D eigenvalue weighted by Gasteiger charge is -2.11. The summed E-state index contributed by atoms with van der Waals surface area (Å²) < 4.78 is 11.3. The van der Waals surface area contributed by atoms with Crippen molar-refractivity contribution >= 4 is 0 Å². The van der Waals surface area contributed by atoms with Gasteiger partial charge in [0.15, 0.2) is 5.75 Å². The van der Waals surface area contributed by atoms with Crippen molar-refractivity contribution in [3.63, 3.8) is 0 Å². The quantitative estimate of drug-likeness (QED) is 0.722. The second-order valence-electron chi connectivity index (χ2n) is 3.10. The van der Waals surface area contributed by atoms with Crippen LogP contribution in [-0.2, 0) is 0 Å². The molecule has 5 heteroatoms. The average Bonchev–Trinajstić information content (AvgIpc) is 2.16. The van der Waals surface area contributed by atoms with E-state index < -0.39 is 0 Å². The van der Waals surface area contributed by atoms with Crippen LogP contribution in [0.25, 0.3) is 0 Å². The van der Waals surface area contributed by atoms with Gasteiger partial charge in [-0.3, -0.25) is 4.79 Å². The molecule has 0 aliphatic carbocycles. The molecule has 0 saturated carbocycles. The fourth-order valence-electron chi connectivity index (χ4n) is 1.09.